The average molecular weight is 203 g/mol. The number of carbonyl (C=O) groups excluding carboxylic acids is 1. The van der Waals surface area contributed by atoms with Crippen LogP contribution < -0.4 is 4.90 Å². The van der Waals surface area contributed by atoms with Crippen LogP contribution in [0, 0.1) is 0 Å². The summed E-state index contributed by atoms with van der Waals surface area (Å²) in [7, 11) is 0. The third-order valence-electron chi connectivity index (χ3n) is 2.48. The van der Waals surface area contributed by atoms with Crippen LogP contribution in [0.25, 0.3) is 11.0 Å². The molecule has 2 heterocycles. The smallest absolute Gasteiger partial charge is 0.414 e. The Kier molecular flexibility index (Phi) is 1.65. The number of hydrogen-bond acceptors (Lipinski definition) is 3. The van der Waals surface area contributed by atoms with Gasteiger partial charge in [-0.15, -0.1) is 0 Å². The molecule has 15 heavy (non-hydrogen) atoms. The maximum Gasteiger partial charge on any atom is 0.414 e. The second-order valence-electron chi connectivity index (χ2n) is 3.37. The van der Waals surface area contributed by atoms with Gasteiger partial charge in [-0.05, 0) is 18.2 Å². The van der Waals surface area contributed by atoms with Crippen LogP contribution >= 0.6 is 0 Å². The lowest BCUT2D eigenvalue weighted by molar-refractivity contribution is 0.181. The molecule has 0 radical (unpaired) electrons. The van der Waals surface area contributed by atoms with Crippen LogP contribution in [-0.2, 0) is 4.74 Å². The Bertz CT molecular complexity index is 520. The van der Waals surface area contributed by atoms with Crippen molar-refractivity contribution in [2.75, 3.05) is 18.1 Å². The first-order chi connectivity index (χ1) is 7.34. The normalized spacial score (nSPS) is 16.0. The standard InChI is InChI=1S/C10H9N3O2/c14-10-13(3-4-15-10)7-1-2-8-9(5-7)12-6-11-8/h1-2,5-6H,3-4H2,(H,11,12). The van der Waals surface area contributed by atoms with Crippen molar-refractivity contribution in [2.24, 2.45) is 0 Å². The summed E-state index contributed by atoms with van der Waals surface area (Å²) in [6, 6.07) is 5.65. The number of hydrogen-bond donors (Lipinski definition) is 1. The molecular formula is C10H9N3O2. The van der Waals surface area contributed by atoms with Crippen molar-refractivity contribution in [3.05, 3.63) is 24.5 Å². The third-order valence-corrected chi connectivity index (χ3v) is 2.48. The van der Waals surface area contributed by atoms with Crippen molar-refractivity contribution < 1.29 is 9.53 Å². The highest BCUT2D eigenvalue weighted by Crippen LogP contribution is 2.22. The van der Waals surface area contributed by atoms with Crippen LogP contribution in [-0.4, -0.2) is 29.2 Å². The van der Waals surface area contributed by atoms with Crippen molar-refractivity contribution in [1.82, 2.24) is 9.97 Å². The molecule has 1 aromatic carbocycles. The predicted octanol–water partition coefficient (Wildman–Crippen LogP) is 1.52. The van der Waals surface area contributed by atoms with E-state index < -0.39 is 0 Å². The number of cyclic esters (lactones) is 1. The number of amides is 1. The number of nitrogens with zero attached hydrogens (tertiary/aromatic N) is 2. The highest BCUT2D eigenvalue weighted by molar-refractivity contribution is 5.92. The summed E-state index contributed by atoms with van der Waals surface area (Å²) >= 11 is 0. The minimum atomic E-state index is -0.283. The average Bonchev–Trinajstić information content (AvgIpc) is 2.84. The molecule has 3 rings (SSSR count). The van der Waals surface area contributed by atoms with Gasteiger partial charge in [-0.25, -0.2) is 9.78 Å². The van der Waals surface area contributed by atoms with E-state index in [0.29, 0.717) is 13.2 Å². The molecule has 0 spiro atoms. The molecule has 1 aliphatic rings. The Labute approximate surface area is 85.7 Å². The van der Waals surface area contributed by atoms with E-state index >= 15 is 0 Å². The highest BCUT2D eigenvalue weighted by atomic mass is 16.6. The number of imidazole rings is 1. The molecule has 1 amide bonds. The lowest BCUT2D eigenvalue weighted by atomic mass is 10.2. The van der Waals surface area contributed by atoms with Crippen molar-refractivity contribution >= 4 is 22.8 Å². The Morgan fingerprint density at radius 1 is 1.47 bits per heavy atom. The van der Waals surface area contributed by atoms with Crippen LogP contribution in [0.1, 0.15) is 0 Å². The van der Waals surface area contributed by atoms with Crippen LogP contribution in [0.15, 0.2) is 24.5 Å². The van der Waals surface area contributed by atoms with E-state index in [1.54, 1.807) is 11.2 Å². The van der Waals surface area contributed by atoms with Gasteiger partial charge in [0.05, 0.1) is 23.9 Å². The maximum absolute atomic E-state index is 11.3. The summed E-state index contributed by atoms with van der Waals surface area (Å²) in [5.74, 6) is 0. The van der Waals surface area contributed by atoms with Crippen LogP contribution in [0.3, 0.4) is 0 Å². The summed E-state index contributed by atoms with van der Waals surface area (Å²) < 4.78 is 4.87. The Morgan fingerprint density at radius 2 is 2.40 bits per heavy atom. The van der Waals surface area contributed by atoms with E-state index in [9.17, 15) is 4.79 Å². The Morgan fingerprint density at radius 3 is 3.20 bits per heavy atom. The van der Waals surface area contributed by atoms with E-state index in [-0.39, 0.29) is 6.09 Å². The van der Waals surface area contributed by atoms with E-state index in [1.807, 2.05) is 18.2 Å². The number of fused-ring (bicyclic) bond motifs is 1. The van der Waals surface area contributed by atoms with Gasteiger partial charge < -0.3 is 9.72 Å². The topological polar surface area (TPSA) is 58.2 Å². The molecule has 1 saturated heterocycles. The van der Waals surface area contributed by atoms with Crippen LogP contribution in [0.2, 0.25) is 0 Å². The van der Waals surface area contributed by atoms with Crippen molar-refractivity contribution in [1.29, 1.82) is 0 Å². The number of benzene rings is 1. The molecular weight excluding hydrogens is 194 g/mol. The van der Waals surface area contributed by atoms with Gasteiger partial charge in [-0.1, -0.05) is 0 Å². The molecule has 5 nitrogen and oxygen atoms in total. The van der Waals surface area contributed by atoms with Crippen LogP contribution in [0.5, 0.6) is 0 Å². The Balaban J connectivity index is 2.06. The van der Waals surface area contributed by atoms with E-state index in [0.717, 1.165) is 16.7 Å². The lowest BCUT2D eigenvalue weighted by Crippen LogP contribution is -2.23. The summed E-state index contributed by atoms with van der Waals surface area (Å²) in [4.78, 5) is 20.1. The van der Waals surface area contributed by atoms with Gasteiger partial charge in [-0.2, -0.15) is 0 Å². The largest absolute Gasteiger partial charge is 0.447 e. The summed E-state index contributed by atoms with van der Waals surface area (Å²) in [5.41, 5.74) is 2.66. The number of anilines is 1. The molecule has 1 fully saturated rings. The fourth-order valence-corrected chi connectivity index (χ4v) is 1.72. The SMILES string of the molecule is O=C1OCCN1c1ccc2nc[nH]c2c1. The molecule has 0 unspecified atom stereocenters. The summed E-state index contributed by atoms with van der Waals surface area (Å²) in [6.07, 6.45) is 1.35. The number of aromatic amines is 1. The van der Waals surface area contributed by atoms with Crippen molar-refractivity contribution in [2.45, 2.75) is 0 Å². The van der Waals surface area contributed by atoms with Gasteiger partial charge in [0.25, 0.3) is 0 Å². The zero-order chi connectivity index (χ0) is 10.3. The number of carbonyl (C=O) groups is 1. The first-order valence-corrected chi connectivity index (χ1v) is 4.72. The minimum Gasteiger partial charge on any atom is -0.447 e. The molecule has 1 aliphatic heterocycles. The first-order valence-electron chi connectivity index (χ1n) is 4.72. The zero-order valence-corrected chi connectivity index (χ0v) is 7.93. The number of H-pyrrole nitrogens is 1. The summed E-state index contributed by atoms with van der Waals surface area (Å²) in [5, 5.41) is 0. The van der Waals surface area contributed by atoms with Gasteiger partial charge in [-0.3, -0.25) is 4.90 Å². The molecule has 76 valence electrons. The number of ether oxygens (including phenoxy) is 1. The fraction of sp³-hybridized carbons (Fsp3) is 0.200. The monoisotopic (exact) mass is 203 g/mol. The molecule has 5 heteroatoms. The molecule has 1 N–H and O–H groups in total. The van der Waals surface area contributed by atoms with Gasteiger partial charge in [0.2, 0.25) is 0 Å². The van der Waals surface area contributed by atoms with Gasteiger partial charge >= 0.3 is 6.09 Å². The minimum absolute atomic E-state index is 0.283. The predicted molar refractivity (Wildman–Crippen MR) is 54.8 cm³/mol. The summed E-state index contributed by atoms with van der Waals surface area (Å²) in [6.45, 7) is 1.07. The number of aromatic nitrogens is 2. The zero-order valence-electron chi connectivity index (χ0n) is 7.93. The molecule has 0 saturated carbocycles. The van der Waals surface area contributed by atoms with Crippen molar-refractivity contribution in [3.8, 4) is 0 Å². The van der Waals surface area contributed by atoms with E-state index in [1.165, 1.54) is 0 Å². The van der Waals surface area contributed by atoms with Gasteiger partial charge in [0.15, 0.2) is 0 Å². The van der Waals surface area contributed by atoms with E-state index in [4.69, 9.17) is 4.74 Å². The first kappa shape index (κ1) is 8.28. The molecule has 0 aliphatic carbocycles. The number of nitrogens with one attached hydrogen (secondary N) is 1. The lowest BCUT2D eigenvalue weighted by Gasteiger charge is -2.11. The van der Waals surface area contributed by atoms with Crippen LogP contribution in [0.4, 0.5) is 10.5 Å². The molecule has 2 aromatic rings. The fourth-order valence-electron chi connectivity index (χ4n) is 1.72. The quantitative estimate of drug-likeness (QED) is 0.764. The Hall–Kier alpha value is -2.04. The van der Waals surface area contributed by atoms with Crippen molar-refractivity contribution in [3.63, 3.8) is 0 Å². The maximum atomic E-state index is 11.3. The number of rotatable bonds is 1. The molecule has 0 bridgehead atoms. The second kappa shape index (κ2) is 2.98. The highest BCUT2D eigenvalue weighted by Gasteiger charge is 2.23. The van der Waals surface area contributed by atoms with Gasteiger partial charge in [0, 0.05) is 5.69 Å². The van der Waals surface area contributed by atoms with Gasteiger partial charge in [0.1, 0.15) is 6.61 Å². The second-order valence-corrected chi connectivity index (χ2v) is 3.37. The molecule has 1 aromatic heterocycles. The van der Waals surface area contributed by atoms with E-state index in [2.05, 4.69) is 9.97 Å². The third kappa shape index (κ3) is 1.24. The molecule has 0 atom stereocenters.